The number of aryl methyl sites for hydroxylation is 1. The number of carbonyl (C=O) groups excluding carboxylic acids is 1. The van der Waals surface area contributed by atoms with Gasteiger partial charge in [0.15, 0.2) is 6.04 Å². The first-order chi connectivity index (χ1) is 17.5. The summed E-state index contributed by atoms with van der Waals surface area (Å²) in [6.45, 7) is 4.51. The molecule has 0 saturated heterocycles. The predicted octanol–water partition coefficient (Wildman–Crippen LogP) is 5.59. The van der Waals surface area contributed by atoms with Gasteiger partial charge in [0.05, 0.1) is 12.3 Å². The Morgan fingerprint density at radius 3 is 2.75 bits per heavy atom. The number of aromatic nitrogens is 1. The number of hydrogen-bond donors (Lipinski definition) is 1. The second-order valence-electron chi connectivity index (χ2n) is 9.28. The van der Waals surface area contributed by atoms with E-state index in [-0.39, 0.29) is 5.91 Å². The van der Waals surface area contributed by atoms with Crippen LogP contribution in [0.3, 0.4) is 0 Å². The summed E-state index contributed by atoms with van der Waals surface area (Å²) in [6.07, 6.45) is 15.8. The molecule has 1 aliphatic heterocycles. The van der Waals surface area contributed by atoms with E-state index in [0.717, 1.165) is 29.9 Å². The van der Waals surface area contributed by atoms with E-state index in [2.05, 4.69) is 11.1 Å². The summed E-state index contributed by atoms with van der Waals surface area (Å²) in [5.74, 6) is 0.643. The minimum atomic E-state index is -1.06. The van der Waals surface area contributed by atoms with Crippen molar-refractivity contribution in [3.63, 3.8) is 0 Å². The number of aliphatic carboxylic acids is 1. The van der Waals surface area contributed by atoms with Crippen LogP contribution in [0.1, 0.15) is 73.5 Å². The third-order valence-electron chi connectivity index (χ3n) is 6.75. The van der Waals surface area contributed by atoms with Gasteiger partial charge in [-0.2, -0.15) is 0 Å². The Balaban J connectivity index is 1.43. The van der Waals surface area contributed by atoms with E-state index in [1.165, 1.54) is 35.8 Å². The Labute approximate surface area is 212 Å². The molecule has 1 saturated carbocycles. The lowest BCUT2D eigenvalue weighted by Crippen LogP contribution is -2.42. The van der Waals surface area contributed by atoms with E-state index in [1.807, 2.05) is 32.1 Å². The number of oxazole rings is 1. The zero-order chi connectivity index (χ0) is 25.5. The maximum absolute atomic E-state index is 12.7. The van der Waals surface area contributed by atoms with Crippen LogP contribution in [-0.2, 0) is 22.4 Å². The molecule has 0 radical (unpaired) electrons. The van der Waals surface area contributed by atoms with Crippen molar-refractivity contribution in [3.8, 4) is 5.75 Å². The summed E-state index contributed by atoms with van der Waals surface area (Å²) in [4.78, 5) is 30.9. The van der Waals surface area contributed by atoms with Gasteiger partial charge in [0.25, 0.3) is 0 Å². The molecule has 1 unspecified atom stereocenters. The van der Waals surface area contributed by atoms with Crippen molar-refractivity contribution >= 4 is 18.0 Å². The smallest absolute Gasteiger partial charge is 0.331 e. The normalized spacial score (nSPS) is 18.0. The van der Waals surface area contributed by atoms with Crippen molar-refractivity contribution in [1.29, 1.82) is 0 Å². The lowest BCUT2D eigenvalue weighted by molar-refractivity contribution is -0.149. The van der Waals surface area contributed by atoms with Gasteiger partial charge in [-0.15, -0.1) is 0 Å². The summed E-state index contributed by atoms with van der Waals surface area (Å²) in [5, 5.41) is 9.95. The number of benzene rings is 1. The maximum atomic E-state index is 12.7. The molecule has 1 fully saturated rings. The lowest BCUT2D eigenvalue weighted by atomic mass is 9.92. The highest BCUT2D eigenvalue weighted by molar-refractivity contribution is 5.92. The lowest BCUT2D eigenvalue weighted by Gasteiger charge is -2.34. The minimum Gasteiger partial charge on any atom is -0.493 e. The monoisotopic (exact) mass is 490 g/mol. The standard InChI is InChI=1S/C29H34N2O5/c1-3-4-6-11-27(32)31-16-14-22-12-13-23(19-24(22)28(31)29(33)34)35-17-15-25-20(2)36-26(30-25)18-21-9-7-5-8-10-21/h3-4,6,11-13,18-19,28H,5,7-10,14-17H2,1-2H3,(H,33,34). The van der Waals surface area contributed by atoms with Gasteiger partial charge in [-0.3, -0.25) is 4.79 Å². The molecule has 1 aliphatic carbocycles. The first-order valence-corrected chi connectivity index (χ1v) is 12.7. The number of carboxylic acids is 1. The van der Waals surface area contributed by atoms with E-state index >= 15 is 0 Å². The van der Waals surface area contributed by atoms with Crippen molar-refractivity contribution in [2.75, 3.05) is 13.2 Å². The van der Waals surface area contributed by atoms with Crippen molar-refractivity contribution in [2.45, 2.75) is 64.8 Å². The summed E-state index contributed by atoms with van der Waals surface area (Å²) in [5.41, 5.74) is 3.78. The molecule has 7 nitrogen and oxygen atoms in total. The summed E-state index contributed by atoms with van der Waals surface area (Å²) in [6, 6.07) is 4.45. The van der Waals surface area contributed by atoms with Crippen LogP contribution >= 0.6 is 0 Å². The first-order valence-electron chi connectivity index (χ1n) is 12.7. The summed E-state index contributed by atoms with van der Waals surface area (Å²) >= 11 is 0. The van der Waals surface area contributed by atoms with Gasteiger partial charge in [0.2, 0.25) is 11.8 Å². The fourth-order valence-electron chi connectivity index (χ4n) is 4.87. The number of allylic oxidation sites excluding steroid dienone is 4. The molecule has 1 aromatic carbocycles. The van der Waals surface area contributed by atoms with Crippen LogP contribution < -0.4 is 4.74 Å². The highest BCUT2D eigenvalue weighted by atomic mass is 16.5. The molecular weight excluding hydrogens is 456 g/mol. The molecule has 4 rings (SSSR count). The molecule has 2 aromatic rings. The van der Waals surface area contributed by atoms with Crippen LogP contribution in [0, 0.1) is 6.92 Å². The molecule has 0 spiro atoms. The van der Waals surface area contributed by atoms with Gasteiger partial charge in [-0.25, -0.2) is 9.78 Å². The van der Waals surface area contributed by atoms with E-state index in [0.29, 0.717) is 43.2 Å². The topological polar surface area (TPSA) is 92.9 Å². The molecule has 0 bridgehead atoms. The largest absolute Gasteiger partial charge is 0.493 e. The Hall–Kier alpha value is -3.61. The van der Waals surface area contributed by atoms with Crippen molar-refractivity contribution in [3.05, 3.63) is 76.5 Å². The fourth-order valence-corrected chi connectivity index (χ4v) is 4.87. The third kappa shape index (κ3) is 6.14. The SMILES string of the molecule is CC=CC=CC(=O)N1CCc2ccc(OCCc3nc(C=C4CCCCC4)oc3C)cc2C1C(=O)O. The van der Waals surface area contributed by atoms with E-state index < -0.39 is 12.0 Å². The molecule has 1 amide bonds. The zero-order valence-electron chi connectivity index (χ0n) is 21.0. The van der Waals surface area contributed by atoms with Gasteiger partial charge >= 0.3 is 5.97 Å². The molecule has 1 N–H and O–H groups in total. The van der Waals surface area contributed by atoms with Crippen LogP contribution in [0.2, 0.25) is 0 Å². The predicted molar refractivity (Wildman–Crippen MR) is 138 cm³/mol. The van der Waals surface area contributed by atoms with Crippen molar-refractivity contribution in [1.82, 2.24) is 9.88 Å². The quantitative estimate of drug-likeness (QED) is 0.383. The second-order valence-corrected chi connectivity index (χ2v) is 9.28. The average molecular weight is 491 g/mol. The molecule has 2 heterocycles. The van der Waals surface area contributed by atoms with E-state index in [4.69, 9.17) is 9.15 Å². The van der Waals surface area contributed by atoms with E-state index in [1.54, 1.807) is 18.2 Å². The number of carboxylic acid groups (broad SMARTS) is 1. The number of carbonyl (C=O) groups is 2. The van der Waals surface area contributed by atoms with Gasteiger partial charge in [0.1, 0.15) is 11.5 Å². The van der Waals surface area contributed by atoms with Crippen LogP contribution in [-0.4, -0.2) is 40.0 Å². The zero-order valence-corrected chi connectivity index (χ0v) is 21.0. The summed E-state index contributed by atoms with van der Waals surface area (Å²) in [7, 11) is 0. The second kappa shape index (κ2) is 11.9. The number of ether oxygens (including phenoxy) is 1. The molecule has 7 heteroatoms. The number of fused-ring (bicyclic) bond motifs is 1. The van der Waals surface area contributed by atoms with Gasteiger partial charge in [-0.05, 0) is 75.3 Å². The van der Waals surface area contributed by atoms with Gasteiger partial charge in [-0.1, -0.05) is 36.3 Å². The molecule has 1 aromatic heterocycles. The molecule has 1 atom stereocenters. The highest BCUT2D eigenvalue weighted by Gasteiger charge is 2.35. The fraction of sp³-hybridized carbons (Fsp3) is 0.414. The van der Waals surface area contributed by atoms with Crippen molar-refractivity contribution in [2.24, 2.45) is 0 Å². The summed E-state index contributed by atoms with van der Waals surface area (Å²) < 4.78 is 11.8. The molecule has 190 valence electrons. The van der Waals surface area contributed by atoms with Crippen LogP contribution in [0.25, 0.3) is 6.08 Å². The number of hydrogen-bond acceptors (Lipinski definition) is 5. The minimum absolute atomic E-state index is 0.321. The van der Waals surface area contributed by atoms with Crippen molar-refractivity contribution < 1.29 is 23.8 Å². The number of amides is 1. The van der Waals surface area contributed by atoms with E-state index in [9.17, 15) is 14.7 Å². The molecule has 2 aliphatic rings. The Morgan fingerprint density at radius 2 is 2.00 bits per heavy atom. The highest BCUT2D eigenvalue weighted by Crippen LogP contribution is 2.33. The van der Waals surface area contributed by atoms with Gasteiger partial charge in [0, 0.05) is 19.0 Å². The number of nitrogens with zero attached hydrogens (tertiary/aromatic N) is 2. The number of rotatable bonds is 8. The van der Waals surface area contributed by atoms with Crippen LogP contribution in [0.4, 0.5) is 0 Å². The molecular formula is C29H34N2O5. The van der Waals surface area contributed by atoms with Crippen LogP contribution in [0.5, 0.6) is 5.75 Å². The molecule has 36 heavy (non-hydrogen) atoms. The first kappa shape index (κ1) is 25.5. The third-order valence-corrected chi connectivity index (χ3v) is 6.75. The Morgan fingerprint density at radius 1 is 1.19 bits per heavy atom. The Bertz CT molecular complexity index is 1180. The Kier molecular flexibility index (Phi) is 8.41. The van der Waals surface area contributed by atoms with Gasteiger partial charge < -0.3 is 19.2 Å². The van der Waals surface area contributed by atoms with Crippen LogP contribution in [0.15, 0.2) is 52.5 Å². The average Bonchev–Trinajstić information content (AvgIpc) is 3.22. The maximum Gasteiger partial charge on any atom is 0.331 e.